The van der Waals surface area contributed by atoms with Gasteiger partial charge in [0.2, 0.25) is 5.60 Å². The maximum Gasteiger partial charge on any atom is 0.427 e. The minimum absolute atomic E-state index is 0.0430. The molecule has 9 nitrogen and oxygen atoms in total. The van der Waals surface area contributed by atoms with E-state index in [9.17, 15) is 35.6 Å². The number of ether oxygens (including phenoxy) is 3. The van der Waals surface area contributed by atoms with Crippen LogP contribution >= 0.6 is 11.6 Å². The normalized spacial score (nSPS) is 15.7. The third-order valence-electron chi connectivity index (χ3n) is 5.62. The van der Waals surface area contributed by atoms with Crippen LogP contribution in [0.2, 0.25) is 5.02 Å². The molecule has 1 aliphatic heterocycles. The first-order chi connectivity index (χ1) is 18.0. The summed E-state index contributed by atoms with van der Waals surface area (Å²) in [6, 6.07) is 6.56. The van der Waals surface area contributed by atoms with E-state index in [1.807, 2.05) is 0 Å². The second kappa shape index (κ2) is 11.5. The van der Waals surface area contributed by atoms with Crippen LogP contribution in [0.1, 0.15) is 33.6 Å². The highest BCUT2D eigenvalue weighted by atomic mass is 35.5. The molecule has 1 amide bonds. The highest BCUT2D eigenvalue weighted by molar-refractivity contribution is 7.92. The van der Waals surface area contributed by atoms with E-state index in [-0.39, 0.29) is 48.0 Å². The number of hydrogen-bond acceptors (Lipinski definition) is 7. The zero-order valence-corrected chi connectivity index (χ0v) is 22.5. The summed E-state index contributed by atoms with van der Waals surface area (Å²) in [4.78, 5) is 23.7. The van der Waals surface area contributed by atoms with E-state index >= 15 is 0 Å². The summed E-state index contributed by atoms with van der Waals surface area (Å²) >= 11 is 5.79. The molecule has 2 aromatic carbocycles. The van der Waals surface area contributed by atoms with E-state index in [0.29, 0.717) is 13.8 Å². The van der Waals surface area contributed by atoms with Gasteiger partial charge in [0.15, 0.2) is 0 Å². The Morgan fingerprint density at radius 1 is 1.18 bits per heavy atom. The number of amides is 1. The largest absolute Gasteiger partial charge is 0.486 e. The van der Waals surface area contributed by atoms with Crippen molar-refractivity contribution < 1.29 is 49.8 Å². The number of halogens is 5. The van der Waals surface area contributed by atoms with Gasteiger partial charge in [0.1, 0.15) is 17.7 Å². The molecule has 0 spiro atoms. The van der Waals surface area contributed by atoms with Gasteiger partial charge in [-0.3, -0.25) is 14.4 Å². The van der Waals surface area contributed by atoms with Gasteiger partial charge in [-0.1, -0.05) is 11.6 Å². The Morgan fingerprint density at radius 2 is 1.87 bits per heavy atom. The first-order valence-electron chi connectivity index (χ1n) is 11.6. The average Bonchev–Trinajstić information content (AvgIpc) is 2.83. The molecule has 0 fully saturated rings. The van der Waals surface area contributed by atoms with Gasteiger partial charge < -0.3 is 14.2 Å². The minimum Gasteiger partial charge on any atom is -0.486 e. The number of benzene rings is 2. The number of nitrogens with zero attached hydrogens (tertiary/aromatic N) is 1. The predicted octanol–water partition coefficient (Wildman–Crippen LogP) is 5.67. The summed E-state index contributed by atoms with van der Waals surface area (Å²) in [6.45, 7) is 2.85. The quantitative estimate of drug-likeness (QED) is 0.309. The van der Waals surface area contributed by atoms with Gasteiger partial charge in [-0.15, -0.1) is 0 Å². The number of nitrogens with one attached hydrogen (secondary N) is 1. The van der Waals surface area contributed by atoms with Crippen LogP contribution in [0.15, 0.2) is 41.3 Å². The second-order valence-corrected chi connectivity index (χ2v) is 11.2. The summed E-state index contributed by atoms with van der Waals surface area (Å²) in [5.41, 5.74) is -2.96. The van der Waals surface area contributed by atoms with Gasteiger partial charge in [0.25, 0.3) is 10.0 Å². The molecule has 214 valence electrons. The third kappa shape index (κ3) is 7.04. The molecule has 0 bridgehead atoms. The van der Waals surface area contributed by atoms with Crippen LogP contribution in [-0.2, 0) is 24.3 Å². The molecular weight excluding hydrogens is 572 g/mol. The monoisotopic (exact) mass is 596 g/mol. The van der Waals surface area contributed by atoms with Crippen LogP contribution in [-0.4, -0.2) is 51.5 Å². The van der Waals surface area contributed by atoms with E-state index in [0.717, 1.165) is 22.5 Å². The molecule has 1 N–H and O–H groups in total. The van der Waals surface area contributed by atoms with Gasteiger partial charge >= 0.3 is 18.2 Å². The lowest BCUT2D eigenvalue weighted by Crippen LogP contribution is -2.44. The summed E-state index contributed by atoms with van der Waals surface area (Å²) < 4.78 is 96.3. The van der Waals surface area contributed by atoms with Crippen LogP contribution in [0.25, 0.3) is 0 Å². The molecule has 0 unspecified atom stereocenters. The molecule has 1 heterocycles. The smallest absolute Gasteiger partial charge is 0.427 e. The fourth-order valence-electron chi connectivity index (χ4n) is 3.48. The van der Waals surface area contributed by atoms with Crippen LogP contribution < -0.4 is 14.4 Å². The third-order valence-corrected chi connectivity index (χ3v) is 7.69. The molecule has 1 aliphatic rings. The van der Waals surface area contributed by atoms with Crippen LogP contribution in [0.4, 0.5) is 33.7 Å². The number of carbonyl (C=O) groups excluding carboxylic acids is 2. The predicted molar refractivity (Wildman–Crippen MR) is 133 cm³/mol. The summed E-state index contributed by atoms with van der Waals surface area (Å²) in [7, 11) is -4.40. The Bertz CT molecular complexity index is 1350. The Kier molecular flexibility index (Phi) is 8.90. The van der Waals surface area contributed by atoms with E-state index in [4.69, 9.17) is 21.1 Å². The summed E-state index contributed by atoms with van der Waals surface area (Å²) in [6.07, 6.45) is -7.05. The van der Waals surface area contributed by atoms with Crippen molar-refractivity contribution >= 4 is 45.1 Å². The first-order valence-corrected chi connectivity index (χ1v) is 13.4. The molecule has 0 saturated carbocycles. The van der Waals surface area contributed by atoms with Gasteiger partial charge in [0, 0.05) is 12.1 Å². The van der Waals surface area contributed by atoms with Crippen LogP contribution in [0.3, 0.4) is 0 Å². The van der Waals surface area contributed by atoms with E-state index in [2.05, 4.69) is 10.1 Å². The maximum atomic E-state index is 13.7. The van der Waals surface area contributed by atoms with E-state index in [1.54, 1.807) is 6.92 Å². The molecule has 0 aliphatic carbocycles. The standard InChI is InChI=1S/C24H25ClF4N2O7S/c1-4-36-21(32)10-6-15-13-31(39(34,35)16-7-8-18(26)17(25)12-16)19-11-14(5-9-20(19)37-15)30-22(33)38-23(2,3)24(27,28)29/h5,7-9,11-12,15H,4,6,10,13H2,1-3H3,(H,30,33)/t15-/m0/s1. The van der Waals surface area contributed by atoms with Crippen molar-refractivity contribution in [3.63, 3.8) is 0 Å². The fourth-order valence-corrected chi connectivity index (χ4v) is 5.25. The molecule has 0 aromatic heterocycles. The number of sulfonamides is 1. The van der Waals surface area contributed by atoms with Crippen molar-refractivity contribution in [2.75, 3.05) is 22.8 Å². The number of fused-ring (bicyclic) bond motifs is 1. The lowest BCUT2D eigenvalue weighted by atomic mass is 10.1. The minimum atomic E-state index is -4.84. The Hall–Kier alpha value is -3.26. The average molecular weight is 597 g/mol. The van der Waals surface area contributed by atoms with Crippen molar-refractivity contribution in [1.82, 2.24) is 0 Å². The van der Waals surface area contributed by atoms with E-state index in [1.165, 1.54) is 18.2 Å². The van der Waals surface area contributed by atoms with Gasteiger partial charge in [-0.2, -0.15) is 13.2 Å². The number of carbonyl (C=O) groups is 2. The molecule has 1 atom stereocenters. The van der Waals surface area contributed by atoms with Crippen molar-refractivity contribution in [2.45, 2.75) is 56.4 Å². The highest BCUT2D eigenvalue weighted by Gasteiger charge is 2.51. The number of rotatable bonds is 8. The molecule has 0 saturated heterocycles. The van der Waals surface area contributed by atoms with Crippen molar-refractivity contribution in [2.24, 2.45) is 0 Å². The molecular formula is C24H25ClF4N2O7S. The molecule has 15 heteroatoms. The zero-order valence-electron chi connectivity index (χ0n) is 21.0. The molecule has 3 rings (SSSR count). The second-order valence-electron chi connectivity index (χ2n) is 8.90. The number of anilines is 2. The molecule has 39 heavy (non-hydrogen) atoms. The zero-order chi connectivity index (χ0) is 29.2. The first kappa shape index (κ1) is 30.3. The van der Waals surface area contributed by atoms with Gasteiger partial charge in [0.05, 0.1) is 28.8 Å². The lowest BCUT2D eigenvalue weighted by Gasteiger charge is -2.36. The van der Waals surface area contributed by atoms with Crippen molar-refractivity contribution in [3.05, 3.63) is 47.2 Å². The summed E-state index contributed by atoms with van der Waals surface area (Å²) in [5.74, 6) is -1.30. The fraction of sp³-hybridized carbons (Fsp3) is 0.417. The Labute approximate surface area is 227 Å². The highest BCUT2D eigenvalue weighted by Crippen LogP contribution is 2.40. The molecule has 2 aromatic rings. The van der Waals surface area contributed by atoms with Crippen LogP contribution in [0, 0.1) is 5.82 Å². The Morgan fingerprint density at radius 3 is 2.49 bits per heavy atom. The number of alkyl halides is 3. The lowest BCUT2D eigenvalue weighted by molar-refractivity contribution is -0.242. The topological polar surface area (TPSA) is 111 Å². The van der Waals surface area contributed by atoms with Gasteiger partial charge in [-0.05, 0) is 63.6 Å². The number of esters is 1. The van der Waals surface area contributed by atoms with E-state index < -0.39 is 50.8 Å². The Balaban J connectivity index is 1.95. The number of hydrogen-bond donors (Lipinski definition) is 1. The van der Waals surface area contributed by atoms with Gasteiger partial charge in [-0.25, -0.2) is 17.6 Å². The van der Waals surface area contributed by atoms with Crippen LogP contribution in [0.5, 0.6) is 5.75 Å². The SMILES string of the molecule is CCOC(=O)CC[C@H]1CN(S(=O)(=O)c2ccc(F)c(Cl)c2)c2cc(NC(=O)OC(C)(C)C(F)(F)F)ccc2O1. The summed E-state index contributed by atoms with van der Waals surface area (Å²) in [5, 5.41) is 1.71. The maximum absolute atomic E-state index is 13.7. The van der Waals surface area contributed by atoms with Crippen molar-refractivity contribution in [3.8, 4) is 5.75 Å². The van der Waals surface area contributed by atoms with Crippen molar-refractivity contribution in [1.29, 1.82) is 0 Å². The molecule has 0 radical (unpaired) electrons.